The van der Waals surface area contributed by atoms with Crippen LogP contribution in [0.25, 0.3) is 11.3 Å². The van der Waals surface area contributed by atoms with Crippen molar-refractivity contribution in [1.82, 2.24) is 9.55 Å². The van der Waals surface area contributed by atoms with Gasteiger partial charge in [0, 0.05) is 22.7 Å². The van der Waals surface area contributed by atoms with Crippen LogP contribution in [-0.2, 0) is 0 Å². The van der Waals surface area contributed by atoms with Crippen LogP contribution < -0.4 is 4.74 Å². The molecule has 0 saturated carbocycles. The molecule has 1 atom stereocenters. The van der Waals surface area contributed by atoms with E-state index in [9.17, 15) is 0 Å². The van der Waals surface area contributed by atoms with E-state index in [2.05, 4.69) is 75.2 Å². The largest absolute Gasteiger partial charge is 0.497 e. The minimum absolute atomic E-state index is 0.118. The van der Waals surface area contributed by atoms with Crippen LogP contribution in [0, 0.1) is 0 Å². The van der Waals surface area contributed by atoms with E-state index in [0.29, 0.717) is 0 Å². The predicted octanol–water partition coefficient (Wildman–Crippen LogP) is 6.44. The van der Waals surface area contributed by atoms with E-state index in [1.54, 1.807) is 7.11 Å². The lowest BCUT2D eigenvalue weighted by molar-refractivity contribution is 0.414. The summed E-state index contributed by atoms with van der Waals surface area (Å²) in [6.07, 6.45) is 2.91. The molecule has 30 heavy (non-hydrogen) atoms. The van der Waals surface area contributed by atoms with E-state index < -0.39 is 0 Å². The van der Waals surface area contributed by atoms with E-state index in [1.807, 2.05) is 30.3 Å². The van der Waals surface area contributed by atoms with Crippen LogP contribution in [0.1, 0.15) is 23.6 Å². The van der Waals surface area contributed by atoms with Crippen LogP contribution in [-0.4, -0.2) is 22.4 Å². The standard InChI is InChI=1S/C25H20BrN3O/c1-30-21-13-9-19(10-14-21)24-15-22(18-7-11-20(26)12-8-18)27-25-28-23(16-29(24)25)17-5-3-2-4-6-17/h2-14,16,24H,15H2,1H3/t24-/m1/s1. The number of aromatic nitrogens is 2. The summed E-state index contributed by atoms with van der Waals surface area (Å²) in [4.78, 5) is 9.79. The molecule has 2 heterocycles. The summed E-state index contributed by atoms with van der Waals surface area (Å²) in [5.74, 6) is 1.59. The van der Waals surface area contributed by atoms with Gasteiger partial charge in [0.2, 0.25) is 5.95 Å². The molecule has 1 aliphatic rings. The molecule has 1 aliphatic heterocycles. The van der Waals surface area contributed by atoms with Gasteiger partial charge in [-0.15, -0.1) is 0 Å². The second-order valence-corrected chi connectivity index (χ2v) is 8.17. The summed E-state index contributed by atoms with van der Waals surface area (Å²) in [6.45, 7) is 0. The lowest BCUT2D eigenvalue weighted by atomic mass is 9.95. The molecule has 0 fully saturated rings. The summed E-state index contributed by atoms with van der Waals surface area (Å²) < 4.78 is 8.59. The molecule has 1 aromatic heterocycles. The van der Waals surface area contributed by atoms with Crippen molar-refractivity contribution in [2.75, 3.05) is 7.11 Å². The zero-order chi connectivity index (χ0) is 20.5. The highest BCUT2D eigenvalue weighted by Gasteiger charge is 2.26. The van der Waals surface area contributed by atoms with Crippen LogP contribution in [0.4, 0.5) is 5.95 Å². The number of imidazole rings is 1. The van der Waals surface area contributed by atoms with Crippen molar-refractivity contribution in [2.45, 2.75) is 12.5 Å². The zero-order valence-corrected chi connectivity index (χ0v) is 18.1. The van der Waals surface area contributed by atoms with Crippen molar-refractivity contribution in [1.29, 1.82) is 0 Å². The number of hydrogen-bond acceptors (Lipinski definition) is 3. The Bertz CT molecular complexity index is 1200. The highest BCUT2D eigenvalue weighted by molar-refractivity contribution is 9.10. The Morgan fingerprint density at radius 2 is 1.63 bits per heavy atom. The van der Waals surface area contributed by atoms with Gasteiger partial charge in [-0.05, 0) is 35.4 Å². The Morgan fingerprint density at radius 1 is 0.900 bits per heavy atom. The van der Waals surface area contributed by atoms with Gasteiger partial charge in [-0.3, -0.25) is 0 Å². The van der Waals surface area contributed by atoms with Gasteiger partial charge in [-0.1, -0.05) is 70.5 Å². The first-order chi connectivity index (χ1) is 14.7. The maximum atomic E-state index is 5.34. The lowest BCUT2D eigenvalue weighted by Crippen LogP contribution is -2.19. The maximum absolute atomic E-state index is 5.34. The summed E-state index contributed by atoms with van der Waals surface area (Å²) in [7, 11) is 1.69. The van der Waals surface area contributed by atoms with E-state index >= 15 is 0 Å². The fourth-order valence-electron chi connectivity index (χ4n) is 3.82. The third-order valence-electron chi connectivity index (χ3n) is 5.42. The van der Waals surface area contributed by atoms with Crippen molar-refractivity contribution in [3.63, 3.8) is 0 Å². The first-order valence-electron chi connectivity index (χ1n) is 9.83. The second-order valence-electron chi connectivity index (χ2n) is 7.26. The minimum atomic E-state index is 0.118. The Morgan fingerprint density at radius 3 is 2.33 bits per heavy atom. The average molecular weight is 458 g/mol. The lowest BCUT2D eigenvalue weighted by Gasteiger charge is -2.25. The Hall–Kier alpha value is -3.18. The topological polar surface area (TPSA) is 39.4 Å². The van der Waals surface area contributed by atoms with Crippen molar-refractivity contribution >= 4 is 27.6 Å². The number of fused-ring (bicyclic) bond motifs is 1. The van der Waals surface area contributed by atoms with Crippen molar-refractivity contribution in [2.24, 2.45) is 4.99 Å². The Labute approximate surface area is 184 Å². The average Bonchev–Trinajstić information content (AvgIpc) is 3.24. The fourth-order valence-corrected chi connectivity index (χ4v) is 4.09. The van der Waals surface area contributed by atoms with Crippen LogP contribution in [0.15, 0.2) is 94.5 Å². The first-order valence-corrected chi connectivity index (χ1v) is 10.6. The summed E-state index contributed by atoms with van der Waals surface area (Å²) in [5, 5.41) is 0. The number of benzene rings is 3. The third-order valence-corrected chi connectivity index (χ3v) is 5.95. The van der Waals surface area contributed by atoms with E-state index in [0.717, 1.165) is 45.1 Å². The molecule has 0 radical (unpaired) electrons. The van der Waals surface area contributed by atoms with Gasteiger partial charge in [0.15, 0.2) is 0 Å². The quantitative estimate of drug-likeness (QED) is 0.353. The molecule has 0 unspecified atom stereocenters. The van der Waals surface area contributed by atoms with Crippen molar-refractivity contribution in [3.8, 4) is 17.0 Å². The first kappa shape index (κ1) is 18.8. The number of halogens is 1. The normalized spacial score (nSPS) is 15.4. The summed E-state index contributed by atoms with van der Waals surface area (Å²) >= 11 is 3.52. The number of methoxy groups -OCH3 is 1. The molecule has 4 aromatic rings. The molecule has 5 rings (SSSR count). The van der Waals surface area contributed by atoms with Crippen molar-refractivity contribution < 1.29 is 4.74 Å². The molecule has 4 nitrogen and oxygen atoms in total. The zero-order valence-electron chi connectivity index (χ0n) is 16.5. The Balaban J connectivity index is 1.62. The van der Waals surface area contributed by atoms with Crippen LogP contribution in [0.2, 0.25) is 0 Å². The molecule has 5 heteroatoms. The Kier molecular flexibility index (Phi) is 4.97. The minimum Gasteiger partial charge on any atom is -0.497 e. The van der Waals surface area contributed by atoms with Gasteiger partial charge in [-0.25, -0.2) is 9.98 Å². The number of ether oxygens (including phenoxy) is 1. The van der Waals surface area contributed by atoms with E-state index in [1.165, 1.54) is 5.56 Å². The van der Waals surface area contributed by atoms with Crippen molar-refractivity contribution in [3.05, 3.63) is 101 Å². The number of nitrogens with zero attached hydrogens (tertiary/aromatic N) is 3. The molecule has 148 valence electrons. The van der Waals surface area contributed by atoms with Crippen LogP contribution in [0.3, 0.4) is 0 Å². The predicted molar refractivity (Wildman–Crippen MR) is 124 cm³/mol. The van der Waals surface area contributed by atoms with Gasteiger partial charge in [0.05, 0.1) is 24.6 Å². The summed E-state index contributed by atoms with van der Waals surface area (Å²) in [5.41, 5.74) is 5.39. The van der Waals surface area contributed by atoms with Gasteiger partial charge < -0.3 is 9.30 Å². The molecular weight excluding hydrogens is 438 g/mol. The highest BCUT2D eigenvalue weighted by atomic mass is 79.9. The van der Waals surface area contributed by atoms with Gasteiger partial charge in [-0.2, -0.15) is 0 Å². The highest BCUT2D eigenvalue weighted by Crippen LogP contribution is 2.36. The molecule has 0 bridgehead atoms. The SMILES string of the molecule is COc1ccc([C@H]2CC(c3ccc(Br)cc3)=Nc3nc(-c4ccccc4)cn32)cc1. The van der Waals surface area contributed by atoms with Crippen LogP contribution in [0.5, 0.6) is 5.75 Å². The molecular formula is C25H20BrN3O. The monoisotopic (exact) mass is 457 g/mol. The maximum Gasteiger partial charge on any atom is 0.230 e. The second kappa shape index (κ2) is 7.92. The van der Waals surface area contributed by atoms with Gasteiger partial charge >= 0.3 is 0 Å². The third kappa shape index (κ3) is 3.57. The smallest absolute Gasteiger partial charge is 0.230 e. The fraction of sp³-hybridized carbons (Fsp3) is 0.120. The molecule has 0 saturated heterocycles. The summed E-state index contributed by atoms with van der Waals surface area (Å²) in [6, 6.07) is 26.9. The number of rotatable bonds is 4. The van der Waals surface area contributed by atoms with Crippen LogP contribution >= 0.6 is 15.9 Å². The molecule has 3 aromatic carbocycles. The van der Waals surface area contributed by atoms with E-state index in [4.69, 9.17) is 14.7 Å². The number of hydrogen-bond donors (Lipinski definition) is 0. The molecule has 0 N–H and O–H groups in total. The van der Waals surface area contributed by atoms with Gasteiger partial charge in [0.1, 0.15) is 5.75 Å². The molecule has 0 amide bonds. The molecule has 0 spiro atoms. The van der Waals surface area contributed by atoms with Gasteiger partial charge in [0.25, 0.3) is 0 Å². The number of aliphatic imine (C=N–C) groups is 1. The molecule has 0 aliphatic carbocycles. The van der Waals surface area contributed by atoms with E-state index in [-0.39, 0.29) is 6.04 Å².